The molecule has 1 heterocycles. The van der Waals surface area contributed by atoms with Gasteiger partial charge in [0.1, 0.15) is 18.1 Å². The van der Waals surface area contributed by atoms with Crippen LogP contribution in [0.15, 0.2) is 36.9 Å². The van der Waals surface area contributed by atoms with E-state index < -0.39 is 5.97 Å². The van der Waals surface area contributed by atoms with Crippen LogP contribution in [-0.2, 0) is 13.0 Å². The number of carbonyl (C=O) groups excluding carboxylic acids is 1. The molecule has 0 fully saturated rings. The van der Waals surface area contributed by atoms with E-state index in [1.807, 2.05) is 42.3 Å². The maximum Gasteiger partial charge on any atom is 0.248 e. The second kappa shape index (κ2) is 14.0. The molecule has 0 unspecified atom stereocenters. The topological polar surface area (TPSA) is 48.9 Å². The van der Waals surface area contributed by atoms with Gasteiger partial charge in [-0.25, -0.2) is 9.13 Å². The Kier molecular flexibility index (Phi) is 11.3. The Hall–Kier alpha value is -2.10. The summed E-state index contributed by atoms with van der Waals surface area (Å²) in [4.78, 5) is 11.5. The number of carbonyl (C=O) groups is 1. The average Bonchev–Trinajstić information content (AvgIpc) is 3.22. The molecule has 1 aromatic heterocycles. The van der Waals surface area contributed by atoms with Gasteiger partial charge in [-0.2, -0.15) is 0 Å². The number of nitrogens with zero attached hydrogens (tertiary/aromatic N) is 2. The first-order valence-electron chi connectivity index (χ1n) is 12.1. The van der Waals surface area contributed by atoms with Crippen molar-refractivity contribution < 1.29 is 14.5 Å². The van der Waals surface area contributed by atoms with Gasteiger partial charge in [0.2, 0.25) is 6.33 Å². The molecular weight excluding hydrogens is 372 g/mol. The normalized spacial score (nSPS) is 11.1. The van der Waals surface area contributed by atoms with Crippen LogP contribution < -0.4 is 9.67 Å². The largest absolute Gasteiger partial charge is 0.545 e. The standard InChI is InChI=1S/C26H40N2O2/c1-3-5-6-7-8-9-10-11-12-13-14-15-18-27-19-20-28(22-27)25-17-16-23(4-2)21-24(25)26(29)30/h16-17,19-22H,3-15,18H2,1-2H3. The molecule has 0 atom stereocenters. The average molecular weight is 413 g/mol. The van der Waals surface area contributed by atoms with Crippen molar-refractivity contribution in [3.8, 4) is 5.69 Å². The summed E-state index contributed by atoms with van der Waals surface area (Å²) in [5.41, 5.74) is 1.93. The number of hydrogen-bond donors (Lipinski definition) is 0. The lowest BCUT2D eigenvalue weighted by atomic mass is 10.1. The number of hydrogen-bond acceptors (Lipinski definition) is 2. The number of carboxylic acids is 1. The second-order valence-corrected chi connectivity index (χ2v) is 8.44. The van der Waals surface area contributed by atoms with Gasteiger partial charge < -0.3 is 9.90 Å². The van der Waals surface area contributed by atoms with E-state index in [0.29, 0.717) is 5.69 Å². The monoisotopic (exact) mass is 412 g/mol. The summed E-state index contributed by atoms with van der Waals surface area (Å²) in [6, 6.07) is 5.58. The number of rotatable bonds is 16. The van der Waals surface area contributed by atoms with Gasteiger partial charge >= 0.3 is 0 Å². The third-order valence-electron chi connectivity index (χ3n) is 5.93. The zero-order chi connectivity index (χ0) is 21.6. The van der Waals surface area contributed by atoms with Crippen LogP contribution in [0.3, 0.4) is 0 Å². The van der Waals surface area contributed by atoms with Gasteiger partial charge in [-0.05, 0) is 37.0 Å². The third-order valence-corrected chi connectivity index (χ3v) is 5.93. The van der Waals surface area contributed by atoms with E-state index in [9.17, 15) is 9.90 Å². The van der Waals surface area contributed by atoms with Crippen molar-refractivity contribution in [2.24, 2.45) is 0 Å². The molecule has 4 nitrogen and oxygen atoms in total. The minimum Gasteiger partial charge on any atom is -0.545 e. The summed E-state index contributed by atoms with van der Waals surface area (Å²) >= 11 is 0. The molecule has 2 aromatic rings. The Labute approximate surface area is 182 Å². The van der Waals surface area contributed by atoms with Crippen LogP contribution >= 0.6 is 0 Å². The molecule has 0 amide bonds. The Morgan fingerprint density at radius 3 is 2.07 bits per heavy atom. The smallest absolute Gasteiger partial charge is 0.248 e. The number of imidazole rings is 1. The molecule has 0 aliphatic heterocycles. The maximum absolute atomic E-state index is 11.5. The lowest BCUT2D eigenvalue weighted by Crippen LogP contribution is -2.31. The molecule has 0 saturated carbocycles. The van der Waals surface area contributed by atoms with Gasteiger partial charge in [-0.3, -0.25) is 0 Å². The van der Waals surface area contributed by atoms with E-state index in [2.05, 4.69) is 11.5 Å². The highest BCUT2D eigenvalue weighted by Gasteiger charge is 2.13. The molecular formula is C26H40N2O2. The van der Waals surface area contributed by atoms with Gasteiger partial charge in [0.15, 0.2) is 0 Å². The first kappa shape index (κ1) is 24.2. The summed E-state index contributed by atoms with van der Waals surface area (Å²) in [6.07, 6.45) is 22.9. The Bertz CT molecular complexity index is 751. The highest BCUT2D eigenvalue weighted by Crippen LogP contribution is 2.17. The third kappa shape index (κ3) is 8.33. The van der Waals surface area contributed by atoms with Crippen LogP contribution in [0, 0.1) is 0 Å². The summed E-state index contributed by atoms with van der Waals surface area (Å²) in [5.74, 6) is -1.12. The van der Waals surface area contributed by atoms with E-state index in [1.54, 1.807) is 6.07 Å². The van der Waals surface area contributed by atoms with E-state index in [-0.39, 0.29) is 5.56 Å². The van der Waals surface area contributed by atoms with Crippen molar-refractivity contribution in [2.45, 2.75) is 104 Å². The molecule has 2 rings (SSSR count). The molecule has 0 aliphatic rings. The van der Waals surface area contributed by atoms with Crippen LogP contribution in [-0.4, -0.2) is 10.5 Å². The second-order valence-electron chi connectivity index (χ2n) is 8.44. The van der Waals surface area contributed by atoms with Gasteiger partial charge in [-0.15, -0.1) is 0 Å². The number of aromatic nitrogens is 2. The summed E-state index contributed by atoms with van der Waals surface area (Å²) in [6.45, 7) is 5.26. The zero-order valence-corrected chi connectivity index (χ0v) is 19.1. The van der Waals surface area contributed by atoms with E-state index in [1.165, 1.54) is 70.6 Å². The quantitative estimate of drug-likeness (QED) is 0.274. The van der Waals surface area contributed by atoms with Gasteiger partial charge in [-0.1, -0.05) is 84.1 Å². The van der Waals surface area contributed by atoms with E-state index in [0.717, 1.165) is 24.9 Å². The SMILES string of the molecule is CCCCCCCCCCCCCC[n+]1ccn(-c2ccc(CC)cc2C(=O)[O-])c1. The first-order chi connectivity index (χ1) is 14.7. The predicted octanol–water partition coefficient (Wildman–Crippen LogP) is 5.39. The van der Waals surface area contributed by atoms with Crippen molar-refractivity contribution in [3.05, 3.63) is 48.0 Å². The van der Waals surface area contributed by atoms with Gasteiger partial charge in [0.25, 0.3) is 0 Å². The Morgan fingerprint density at radius 2 is 1.50 bits per heavy atom. The Balaban J connectivity index is 1.66. The zero-order valence-electron chi connectivity index (χ0n) is 19.1. The maximum atomic E-state index is 11.5. The highest BCUT2D eigenvalue weighted by molar-refractivity contribution is 5.90. The van der Waals surface area contributed by atoms with E-state index in [4.69, 9.17) is 0 Å². The fourth-order valence-corrected chi connectivity index (χ4v) is 4.00. The molecule has 0 aliphatic carbocycles. The molecule has 0 saturated heterocycles. The van der Waals surface area contributed by atoms with Gasteiger partial charge in [0, 0.05) is 5.56 Å². The number of benzene rings is 1. The summed E-state index contributed by atoms with van der Waals surface area (Å²) in [7, 11) is 0. The van der Waals surface area contributed by atoms with E-state index >= 15 is 0 Å². The minimum atomic E-state index is -1.12. The molecule has 1 aromatic carbocycles. The molecule has 166 valence electrons. The molecule has 0 spiro atoms. The van der Waals surface area contributed by atoms with Crippen LogP contribution in [0.2, 0.25) is 0 Å². The first-order valence-corrected chi connectivity index (χ1v) is 12.1. The highest BCUT2D eigenvalue weighted by atomic mass is 16.4. The van der Waals surface area contributed by atoms with Gasteiger partial charge in [0.05, 0.1) is 12.5 Å². The summed E-state index contributed by atoms with van der Waals surface area (Å²) in [5, 5.41) is 11.5. The van der Waals surface area contributed by atoms with Crippen LogP contribution in [0.5, 0.6) is 0 Å². The molecule has 4 heteroatoms. The number of unbranched alkanes of at least 4 members (excludes halogenated alkanes) is 11. The fraction of sp³-hybridized carbons (Fsp3) is 0.615. The lowest BCUT2D eigenvalue weighted by Gasteiger charge is -2.09. The predicted molar refractivity (Wildman–Crippen MR) is 121 cm³/mol. The Morgan fingerprint density at radius 1 is 0.900 bits per heavy atom. The van der Waals surface area contributed by atoms with Crippen LogP contribution in [0.25, 0.3) is 5.69 Å². The number of carboxylic acid groups (broad SMARTS) is 1. The fourth-order valence-electron chi connectivity index (χ4n) is 4.00. The molecule has 0 radical (unpaired) electrons. The van der Waals surface area contributed by atoms with Crippen molar-refractivity contribution in [3.63, 3.8) is 0 Å². The summed E-state index contributed by atoms with van der Waals surface area (Å²) < 4.78 is 4.02. The number of aryl methyl sites for hydroxylation is 2. The van der Waals surface area contributed by atoms with Crippen molar-refractivity contribution in [1.82, 2.24) is 4.57 Å². The van der Waals surface area contributed by atoms with Crippen molar-refractivity contribution >= 4 is 5.97 Å². The number of aromatic carboxylic acids is 1. The van der Waals surface area contributed by atoms with Crippen molar-refractivity contribution in [1.29, 1.82) is 0 Å². The molecule has 30 heavy (non-hydrogen) atoms. The van der Waals surface area contributed by atoms with Crippen LogP contribution in [0.4, 0.5) is 0 Å². The minimum absolute atomic E-state index is 0.252. The molecule has 0 N–H and O–H groups in total. The van der Waals surface area contributed by atoms with Crippen molar-refractivity contribution in [2.75, 3.05) is 0 Å². The van der Waals surface area contributed by atoms with Crippen LogP contribution in [0.1, 0.15) is 107 Å². The lowest BCUT2D eigenvalue weighted by molar-refractivity contribution is -0.696. The molecule has 0 bridgehead atoms.